The molecule has 0 N–H and O–H groups in total. The first kappa shape index (κ1) is 13.4. The van der Waals surface area contributed by atoms with Crippen molar-refractivity contribution >= 4 is 11.5 Å². The fourth-order valence-electron chi connectivity index (χ4n) is 1.75. The second kappa shape index (κ2) is 5.71. The normalized spacial score (nSPS) is 11.3. The number of pyridine rings is 1. The van der Waals surface area contributed by atoms with Crippen molar-refractivity contribution in [3.8, 4) is 6.07 Å². The molecular formula is C14H9N3O3. The maximum absolute atomic E-state index is 12.3. The van der Waals surface area contributed by atoms with E-state index < -0.39 is 16.6 Å². The van der Waals surface area contributed by atoms with Gasteiger partial charge in [0.15, 0.2) is 11.7 Å². The van der Waals surface area contributed by atoms with Crippen molar-refractivity contribution in [1.29, 1.82) is 5.26 Å². The number of Topliss-reactive ketones (excluding diaryl/α,β-unsaturated/α-hetero) is 1. The lowest BCUT2D eigenvalue weighted by Gasteiger charge is -2.07. The molecule has 6 nitrogen and oxygen atoms in total. The summed E-state index contributed by atoms with van der Waals surface area (Å²) in [5.74, 6) is -1.58. The minimum atomic E-state index is -1.07. The number of hydrogen-bond donors (Lipinski definition) is 0. The third kappa shape index (κ3) is 2.67. The summed E-state index contributed by atoms with van der Waals surface area (Å²) in [5, 5.41) is 19.8. The topological polar surface area (TPSA) is 96.9 Å². The molecule has 0 spiro atoms. The van der Waals surface area contributed by atoms with E-state index in [1.807, 2.05) is 6.07 Å². The van der Waals surface area contributed by atoms with E-state index in [1.165, 1.54) is 24.4 Å². The van der Waals surface area contributed by atoms with Crippen LogP contribution in [-0.4, -0.2) is 15.7 Å². The molecule has 0 aliphatic heterocycles. The van der Waals surface area contributed by atoms with Crippen molar-refractivity contribution in [2.45, 2.75) is 5.92 Å². The van der Waals surface area contributed by atoms with Gasteiger partial charge >= 0.3 is 0 Å². The number of nitro benzene ring substituents is 1. The van der Waals surface area contributed by atoms with Gasteiger partial charge in [0.05, 0.1) is 16.7 Å². The number of nitriles is 1. The quantitative estimate of drug-likeness (QED) is 0.481. The third-order valence-electron chi connectivity index (χ3n) is 2.72. The molecule has 1 aromatic heterocycles. The van der Waals surface area contributed by atoms with Gasteiger partial charge in [0.25, 0.3) is 5.69 Å². The average Bonchev–Trinajstić information content (AvgIpc) is 2.49. The van der Waals surface area contributed by atoms with Gasteiger partial charge in [-0.1, -0.05) is 18.2 Å². The standard InChI is InChI=1S/C14H9N3O3/c15-9-12(13-6-1-2-7-16-13)14(18)10-4-3-5-11(8-10)17(19)20/h1-8,12H. The Kier molecular flexibility index (Phi) is 3.82. The third-order valence-corrected chi connectivity index (χ3v) is 2.72. The fourth-order valence-corrected chi connectivity index (χ4v) is 1.75. The van der Waals surface area contributed by atoms with Crippen molar-refractivity contribution < 1.29 is 9.72 Å². The zero-order chi connectivity index (χ0) is 14.5. The van der Waals surface area contributed by atoms with E-state index in [0.717, 1.165) is 6.07 Å². The first-order valence-electron chi connectivity index (χ1n) is 5.72. The zero-order valence-corrected chi connectivity index (χ0v) is 10.3. The van der Waals surface area contributed by atoms with Crippen molar-refractivity contribution in [3.05, 3.63) is 70.0 Å². The molecule has 1 heterocycles. The first-order chi connectivity index (χ1) is 9.63. The molecule has 1 atom stereocenters. The summed E-state index contributed by atoms with van der Waals surface area (Å²) in [5.41, 5.74) is 0.261. The molecule has 2 aromatic rings. The smallest absolute Gasteiger partial charge is 0.270 e. The molecule has 6 heteroatoms. The van der Waals surface area contributed by atoms with E-state index in [2.05, 4.69) is 4.98 Å². The van der Waals surface area contributed by atoms with Crippen LogP contribution in [0.5, 0.6) is 0 Å². The second-order valence-corrected chi connectivity index (χ2v) is 3.99. The molecule has 0 aliphatic rings. The number of nitro groups is 1. The van der Waals surface area contributed by atoms with E-state index in [9.17, 15) is 14.9 Å². The highest BCUT2D eigenvalue weighted by Crippen LogP contribution is 2.21. The number of ketones is 1. The summed E-state index contributed by atoms with van der Waals surface area (Å²) in [6, 6.07) is 12.1. The van der Waals surface area contributed by atoms with Crippen molar-refractivity contribution in [2.75, 3.05) is 0 Å². The summed E-state index contributed by atoms with van der Waals surface area (Å²) in [6.45, 7) is 0. The van der Waals surface area contributed by atoms with Crippen LogP contribution in [0.3, 0.4) is 0 Å². The Balaban J connectivity index is 2.37. The highest BCUT2D eigenvalue weighted by atomic mass is 16.6. The number of carbonyl (C=O) groups excluding carboxylic acids is 1. The van der Waals surface area contributed by atoms with Gasteiger partial charge in [0, 0.05) is 23.9 Å². The predicted molar refractivity (Wildman–Crippen MR) is 70.0 cm³/mol. The molecule has 0 bridgehead atoms. The lowest BCUT2D eigenvalue weighted by molar-refractivity contribution is -0.384. The Morgan fingerprint density at radius 2 is 2.10 bits per heavy atom. The number of benzene rings is 1. The van der Waals surface area contributed by atoms with E-state index in [0.29, 0.717) is 5.69 Å². The van der Waals surface area contributed by atoms with Crippen LogP contribution in [0.2, 0.25) is 0 Å². The second-order valence-electron chi connectivity index (χ2n) is 3.99. The van der Waals surface area contributed by atoms with E-state index in [-0.39, 0.29) is 11.3 Å². The van der Waals surface area contributed by atoms with E-state index in [1.54, 1.807) is 18.2 Å². The van der Waals surface area contributed by atoms with E-state index >= 15 is 0 Å². The zero-order valence-electron chi connectivity index (χ0n) is 10.3. The minimum Gasteiger partial charge on any atom is -0.292 e. The molecule has 0 aliphatic carbocycles. The Morgan fingerprint density at radius 3 is 2.70 bits per heavy atom. The molecule has 0 saturated carbocycles. The van der Waals surface area contributed by atoms with Crippen molar-refractivity contribution in [1.82, 2.24) is 4.98 Å². The van der Waals surface area contributed by atoms with Gasteiger partial charge in [-0.25, -0.2) is 0 Å². The van der Waals surface area contributed by atoms with Crippen LogP contribution >= 0.6 is 0 Å². The first-order valence-corrected chi connectivity index (χ1v) is 5.72. The van der Waals surface area contributed by atoms with Crippen LogP contribution < -0.4 is 0 Å². The van der Waals surface area contributed by atoms with Gasteiger partial charge in [-0.3, -0.25) is 19.9 Å². The Hall–Kier alpha value is -3.07. The minimum absolute atomic E-state index is 0.122. The molecule has 0 radical (unpaired) electrons. The maximum atomic E-state index is 12.3. The summed E-state index contributed by atoms with van der Waals surface area (Å²) >= 11 is 0. The fraction of sp³-hybridized carbons (Fsp3) is 0.0714. The number of hydrogen-bond acceptors (Lipinski definition) is 5. The number of nitrogens with zero attached hydrogens (tertiary/aromatic N) is 3. The Bertz CT molecular complexity index is 692. The van der Waals surface area contributed by atoms with Crippen molar-refractivity contribution in [2.24, 2.45) is 0 Å². The van der Waals surface area contributed by atoms with Crippen LogP contribution in [0.4, 0.5) is 5.69 Å². The molecule has 1 aromatic carbocycles. The molecule has 0 amide bonds. The van der Waals surface area contributed by atoms with Crippen molar-refractivity contribution in [3.63, 3.8) is 0 Å². The van der Waals surface area contributed by atoms with Crippen LogP contribution in [0.25, 0.3) is 0 Å². The molecule has 2 rings (SSSR count). The van der Waals surface area contributed by atoms with Gasteiger partial charge in [-0.2, -0.15) is 5.26 Å². The largest absolute Gasteiger partial charge is 0.292 e. The maximum Gasteiger partial charge on any atom is 0.270 e. The molecule has 1 unspecified atom stereocenters. The highest BCUT2D eigenvalue weighted by molar-refractivity contribution is 6.02. The average molecular weight is 267 g/mol. The SMILES string of the molecule is N#CC(C(=O)c1cccc([N+](=O)[O-])c1)c1ccccn1. The lowest BCUT2D eigenvalue weighted by atomic mass is 9.95. The van der Waals surface area contributed by atoms with Gasteiger partial charge in [0.2, 0.25) is 0 Å². The molecule has 0 saturated heterocycles. The lowest BCUT2D eigenvalue weighted by Crippen LogP contribution is -2.12. The monoisotopic (exact) mass is 267 g/mol. The predicted octanol–water partition coefficient (Wildman–Crippen LogP) is 2.48. The summed E-state index contributed by atoms with van der Waals surface area (Å²) in [4.78, 5) is 26.4. The summed E-state index contributed by atoms with van der Waals surface area (Å²) in [7, 11) is 0. The number of aromatic nitrogens is 1. The summed E-state index contributed by atoms with van der Waals surface area (Å²) < 4.78 is 0. The van der Waals surface area contributed by atoms with E-state index in [4.69, 9.17) is 5.26 Å². The molecule has 20 heavy (non-hydrogen) atoms. The Morgan fingerprint density at radius 1 is 1.30 bits per heavy atom. The highest BCUT2D eigenvalue weighted by Gasteiger charge is 2.24. The van der Waals surface area contributed by atoms with Gasteiger partial charge in [-0.05, 0) is 12.1 Å². The Labute approximate surface area is 114 Å². The van der Waals surface area contributed by atoms with Crippen LogP contribution in [0, 0.1) is 21.4 Å². The van der Waals surface area contributed by atoms with Gasteiger partial charge in [-0.15, -0.1) is 0 Å². The number of carbonyl (C=O) groups is 1. The number of rotatable bonds is 4. The van der Waals surface area contributed by atoms with Gasteiger partial charge in [0.1, 0.15) is 0 Å². The van der Waals surface area contributed by atoms with Crippen LogP contribution in [0.15, 0.2) is 48.7 Å². The van der Waals surface area contributed by atoms with Gasteiger partial charge < -0.3 is 0 Å². The molecule has 98 valence electrons. The van der Waals surface area contributed by atoms with Crippen LogP contribution in [-0.2, 0) is 0 Å². The molecular weight excluding hydrogens is 258 g/mol. The summed E-state index contributed by atoms with van der Waals surface area (Å²) in [6.07, 6.45) is 1.49. The number of non-ortho nitro benzene ring substituents is 1. The van der Waals surface area contributed by atoms with Crippen LogP contribution in [0.1, 0.15) is 22.0 Å². The molecule has 0 fully saturated rings.